The topological polar surface area (TPSA) is 120 Å². The van der Waals surface area contributed by atoms with Crippen LogP contribution in [0.5, 0.6) is 0 Å². The van der Waals surface area contributed by atoms with Gasteiger partial charge in [0.1, 0.15) is 24.4 Å². The lowest BCUT2D eigenvalue weighted by molar-refractivity contribution is -0.157. The molecule has 9 nitrogen and oxygen atoms in total. The molecule has 240 valence electrons. The minimum Gasteiger partial charge on any atom is -0.460 e. The molecule has 0 bridgehead atoms. The highest BCUT2D eigenvalue weighted by molar-refractivity contribution is 5.85. The molecule has 0 radical (unpaired) electrons. The van der Waals surface area contributed by atoms with Gasteiger partial charge in [-0.3, -0.25) is 9.59 Å². The number of carbonyl (C=O) groups is 4. The number of hydrogen-bond donors (Lipinski definition) is 2. The van der Waals surface area contributed by atoms with Gasteiger partial charge in [-0.15, -0.1) is 0 Å². The lowest BCUT2D eigenvalue weighted by atomic mass is 9.98. The molecule has 1 aliphatic carbocycles. The SMILES string of the molecule is CC(C)(C)OC(=O)C[C@@H]1CC=CC[C@@H](NC(=O)OCC2c3ccccc3-c3ccccc32)C(=O)O[C@H](c2ccccc2)CNC1=O. The average Bonchev–Trinajstić information content (AvgIpc) is 3.35. The average molecular weight is 625 g/mol. The number of carbonyl (C=O) groups excluding carboxylic acids is 4. The summed E-state index contributed by atoms with van der Waals surface area (Å²) in [5.41, 5.74) is 4.39. The van der Waals surface area contributed by atoms with Gasteiger partial charge < -0.3 is 24.8 Å². The molecule has 2 amide bonds. The minimum atomic E-state index is -1.04. The molecule has 3 aromatic carbocycles. The molecule has 2 N–H and O–H groups in total. The van der Waals surface area contributed by atoms with Gasteiger partial charge in [-0.2, -0.15) is 0 Å². The predicted molar refractivity (Wildman–Crippen MR) is 173 cm³/mol. The van der Waals surface area contributed by atoms with Crippen molar-refractivity contribution in [2.24, 2.45) is 5.92 Å². The number of rotatable bonds is 6. The first-order valence-corrected chi connectivity index (χ1v) is 15.6. The molecule has 0 unspecified atom stereocenters. The van der Waals surface area contributed by atoms with E-state index in [4.69, 9.17) is 14.2 Å². The molecule has 0 aromatic heterocycles. The number of esters is 2. The van der Waals surface area contributed by atoms with Crippen LogP contribution in [0.3, 0.4) is 0 Å². The van der Waals surface area contributed by atoms with Crippen LogP contribution in [0, 0.1) is 5.92 Å². The highest BCUT2D eigenvalue weighted by atomic mass is 16.6. The Balaban J connectivity index is 1.30. The zero-order chi connectivity index (χ0) is 32.7. The van der Waals surface area contributed by atoms with Gasteiger partial charge in [0.05, 0.1) is 18.9 Å². The zero-order valence-corrected chi connectivity index (χ0v) is 26.4. The molecular weight excluding hydrogens is 584 g/mol. The van der Waals surface area contributed by atoms with Crippen LogP contribution >= 0.6 is 0 Å². The molecule has 1 heterocycles. The highest BCUT2D eigenvalue weighted by Gasteiger charge is 2.32. The molecule has 3 aromatic rings. The molecule has 0 saturated heterocycles. The lowest BCUT2D eigenvalue weighted by Gasteiger charge is -2.25. The van der Waals surface area contributed by atoms with Gasteiger partial charge in [0.2, 0.25) is 5.91 Å². The number of alkyl carbamates (subject to hydrolysis) is 1. The summed E-state index contributed by atoms with van der Waals surface area (Å²) in [6.07, 6.45) is 2.10. The smallest absolute Gasteiger partial charge is 0.407 e. The Morgan fingerprint density at radius 3 is 2.13 bits per heavy atom. The molecule has 0 saturated carbocycles. The van der Waals surface area contributed by atoms with Gasteiger partial charge in [0, 0.05) is 5.92 Å². The number of hydrogen-bond acceptors (Lipinski definition) is 7. The maximum Gasteiger partial charge on any atom is 0.407 e. The second-order valence-corrected chi connectivity index (χ2v) is 12.5. The molecule has 46 heavy (non-hydrogen) atoms. The first-order valence-electron chi connectivity index (χ1n) is 15.6. The Bertz CT molecular complexity index is 1550. The molecular formula is C37H40N2O7. The van der Waals surface area contributed by atoms with Gasteiger partial charge in [0.15, 0.2) is 0 Å². The van der Waals surface area contributed by atoms with Gasteiger partial charge in [-0.1, -0.05) is 91.0 Å². The van der Waals surface area contributed by atoms with Gasteiger partial charge >= 0.3 is 18.0 Å². The van der Waals surface area contributed by atoms with Crippen molar-refractivity contribution in [1.29, 1.82) is 0 Å². The second-order valence-electron chi connectivity index (χ2n) is 12.5. The molecule has 2 aliphatic rings. The van der Waals surface area contributed by atoms with Gasteiger partial charge in [-0.05, 0) is 61.4 Å². The van der Waals surface area contributed by atoms with Crippen LogP contribution in [0.2, 0.25) is 0 Å². The van der Waals surface area contributed by atoms with E-state index in [1.165, 1.54) is 0 Å². The molecule has 0 fully saturated rings. The van der Waals surface area contributed by atoms with E-state index in [0.717, 1.165) is 22.3 Å². The van der Waals surface area contributed by atoms with E-state index in [1.54, 1.807) is 45.1 Å². The summed E-state index contributed by atoms with van der Waals surface area (Å²) in [7, 11) is 0. The highest BCUT2D eigenvalue weighted by Crippen LogP contribution is 2.44. The summed E-state index contributed by atoms with van der Waals surface area (Å²) >= 11 is 0. The fourth-order valence-corrected chi connectivity index (χ4v) is 5.81. The Labute approximate surface area is 269 Å². The van der Waals surface area contributed by atoms with Crippen LogP contribution in [0.4, 0.5) is 4.79 Å². The fraction of sp³-hybridized carbons (Fsp3) is 0.351. The molecule has 3 atom stereocenters. The standard InChI is InChI=1S/C37H40N2O7/c1-37(2,3)46-33(40)21-25-15-7-12-20-31(35(42)45-32(22-38-34(25)41)24-13-5-4-6-14-24)39-36(43)44-23-30-28-18-10-8-16-26(28)27-17-9-11-19-29(27)30/h4-14,16-19,25,30-32H,15,20-23H2,1-3H3,(H,38,41)(H,39,43)/t25-,31+,32-/m0/s1. The van der Waals surface area contributed by atoms with Gasteiger partial charge in [-0.25, -0.2) is 9.59 Å². The molecule has 1 aliphatic heterocycles. The second kappa shape index (κ2) is 14.5. The summed E-state index contributed by atoms with van der Waals surface area (Å²) in [4.78, 5) is 52.3. The Kier molecular flexibility index (Phi) is 10.2. The summed E-state index contributed by atoms with van der Waals surface area (Å²) < 4.78 is 17.0. The van der Waals surface area contributed by atoms with Crippen molar-refractivity contribution >= 4 is 23.9 Å². The molecule has 5 rings (SSSR count). The van der Waals surface area contributed by atoms with Crippen LogP contribution in [-0.4, -0.2) is 48.7 Å². The lowest BCUT2D eigenvalue weighted by Crippen LogP contribution is -2.44. The quantitative estimate of drug-likeness (QED) is 0.196. The van der Waals surface area contributed by atoms with Crippen molar-refractivity contribution in [3.8, 4) is 11.1 Å². The van der Waals surface area contributed by atoms with E-state index in [0.29, 0.717) is 5.56 Å². The largest absolute Gasteiger partial charge is 0.460 e. The van der Waals surface area contributed by atoms with E-state index < -0.39 is 41.7 Å². The number of allylic oxidation sites excluding steroid dienone is 1. The third kappa shape index (κ3) is 8.21. The van der Waals surface area contributed by atoms with Crippen molar-refractivity contribution in [2.45, 2.75) is 63.7 Å². The number of ether oxygens (including phenoxy) is 3. The monoisotopic (exact) mass is 624 g/mol. The van der Waals surface area contributed by atoms with E-state index in [-0.39, 0.29) is 44.2 Å². The van der Waals surface area contributed by atoms with Crippen LogP contribution in [-0.2, 0) is 28.6 Å². The maximum atomic E-state index is 13.5. The van der Waals surface area contributed by atoms with Crippen LogP contribution in [0.15, 0.2) is 91.0 Å². The first kappa shape index (κ1) is 32.5. The van der Waals surface area contributed by atoms with E-state index in [2.05, 4.69) is 22.8 Å². The van der Waals surface area contributed by atoms with E-state index >= 15 is 0 Å². The summed E-state index contributed by atoms with van der Waals surface area (Å²) in [6, 6.07) is 24.1. The summed E-state index contributed by atoms with van der Waals surface area (Å²) in [5, 5.41) is 5.54. The maximum absolute atomic E-state index is 13.5. The number of fused-ring (bicyclic) bond motifs is 3. The number of benzene rings is 3. The van der Waals surface area contributed by atoms with Crippen LogP contribution in [0.25, 0.3) is 11.1 Å². The van der Waals surface area contributed by atoms with E-state index in [9.17, 15) is 19.2 Å². The molecule has 9 heteroatoms. The van der Waals surface area contributed by atoms with Crippen molar-refractivity contribution in [2.75, 3.05) is 13.2 Å². The van der Waals surface area contributed by atoms with Crippen molar-refractivity contribution in [3.63, 3.8) is 0 Å². The predicted octanol–water partition coefficient (Wildman–Crippen LogP) is 5.99. The Morgan fingerprint density at radius 1 is 0.870 bits per heavy atom. The summed E-state index contributed by atoms with van der Waals surface area (Å²) in [6.45, 7) is 5.40. The zero-order valence-electron chi connectivity index (χ0n) is 26.4. The van der Waals surface area contributed by atoms with Crippen molar-refractivity contribution < 1.29 is 33.4 Å². The van der Waals surface area contributed by atoms with Crippen molar-refractivity contribution in [3.05, 3.63) is 108 Å². The fourth-order valence-electron chi connectivity index (χ4n) is 5.81. The van der Waals surface area contributed by atoms with Crippen molar-refractivity contribution in [1.82, 2.24) is 10.6 Å². The van der Waals surface area contributed by atoms with Crippen LogP contribution < -0.4 is 10.6 Å². The van der Waals surface area contributed by atoms with E-state index in [1.807, 2.05) is 54.6 Å². The molecule has 0 spiro atoms. The minimum absolute atomic E-state index is 0.0131. The van der Waals surface area contributed by atoms with Crippen LogP contribution in [0.1, 0.15) is 68.7 Å². The third-order valence-electron chi connectivity index (χ3n) is 7.97. The number of nitrogens with one attached hydrogen (secondary N) is 2. The Morgan fingerprint density at radius 2 is 1.48 bits per heavy atom. The first-order chi connectivity index (χ1) is 22.1. The number of cyclic esters (lactones) is 1. The summed E-state index contributed by atoms with van der Waals surface area (Å²) in [5.74, 6) is -2.30. The number of amides is 2. The third-order valence-corrected chi connectivity index (χ3v) is 7.97. The Hall–Kier alpha value is -4.92. The normalized spacial score (nSPS) is 20.2. The van der Waals surface area contributed by atoms with Gasteiger partial charge in [0.25, 0.3) is 0 Å².